The topological polar surface area (TPSA) is 71.1 Å². The van der Waals surface area contributed by atoms with E-state index in [0.717, 1.165) is 31.2 Å². The lowest BCUT2D eigenvalue weighted by Gasteiger charge is -2.15. The second-order valence-electron chi connectivity index (χ2n) is 5.30. The van der Waals surface area contributed by atoms with Gasteiger partial charge in [-0.25, -0.2) is 18.1 Å². The Hall–Kier alpha value is -0.980. The Bertz CT molecular complexity index is 500. The molecule has 0 amide bonds. The van der Waals surface area contributed by atoms with Crippen molar-refractivity contribution in [3.05, 3.63) is 23.9 Å². The van der Waals surface area contributed by atoms with Gasteiger partial charge in [-0.1, -0.05) is 39.2 Å². The van der Waals surface area contributed by atoms with Gasteiger partial charge in [-0.2, -0.15) is 0 Å². The van der Waals surface area contributed by atoms with Crippen LogP contribution < -0.4 is 10.0 Å². The summed E-state index contributed by atoms with van der Waals surface area (Å²) in [5.74, 6) is 0.392. The lowest BCUT2D eigenvalue weighted by atomic mass is 10.00. The average Bonchev–Trinajstić information content (AvgIpc) is 2.48. The third kappa shape index (κ3) is 6.11. The van der Waals surface area contributed by atoms with Crippen LogP contribution in [-0.4, -0.2) is 27.0 Å². The SMILES string of the molecule is CCCCC(CC)CNS(=O)(=O)c1ccc(CNC)cn1. The fourth-order valence-corrected chi connectivity index (χ4v) is 3.17. The van der Waals surface area contributed by atoms with Crippen molar-refractivity contribution in [2.75, 3.05) is 13.6 Å². The molecule has 0 radical (unpaired) electrons. The molecule has 120 valence electrons. The number of rotatable bonds is 10. The summed E-state index contributed by atoms with van der Waals surface area (Å²) in [6.45, 7) is 5.40. The molecule has 0 saturated heterocycles. The smallest absolute Gasteiger partial charge is 0.258 e. The Labute approximate surface area is 128 Å². The summed E-state index contributed by atoms with van der Waals surface area (Å²) in [5.41, 5.74) is 0.964. The van der Waals surface area contributed by atoms with E-state index in [1.54, 1.807) is 18.3 Å². The molecular weight excluding hydrogens is 286 g/mol. The van der Waals surface area contributed by atoms with Crippen LogP contribution >= 0.6 is 0 Å². The fourth-order valence-electron chi connectivity index (χ4n) is 2.12. The second kappa shape index (κ2) is 9.12. The molecule has 0 aliphatic rings. The van der Waals surface area contributed by atoms with E-state index in [-0.39, 0.29) is 5.03 Å². The van der Waals surface area contributed by atoms with Gasteiger partial charge >= 0.3 is 0 Å². The summed E-state index contributed by atoms with van der Waals surface area (Å²) in [7, 11) is -1.66. The normalized spacial score (nSPS) is 13.3. The first-order chi connectivity index (χ1) is 10.0. The second-order valence-corrected chi connectivity index (χ2v) is 7.02. The zero-order valence-corrected chi connectivity index (χ0v) is 14.0. The van der Waals surface area contributed by atoms with E-state index in [1.165, 1.54) is 0 Å². The van der Waals surface area contributed by atoms with Gasteiger partial charge in [0.15, 0.2) is 5.03 Å². The summed E-state index contributed by atoms with van der Waals surface area (Å²) < 4.78 is 27.1. The molecule has 1 atom stereocenters. The van der Waals surface area contributed by atoms with Crippen molar-refractivity contribution in [2.24, 2.45) is 5.92 Å². The standard InChI is InChI=1S/C15H27N3O2S/c1-4-6-7-13(5-2)12-18-21(19,20)15-9-8-14(10-16-3)11-17-15/h8-9,11,13,16,18H,4-7,10,12H2,1-3H3. The van der Waals surface area contributed by atoms with Gasteiger partial charge < -0.3 is 5.32 Å². The molecule has 0 spiro atoms. The molecule has 0 saturated carbocycles. The molecule has 0 aliphatic heterocycles. The largest absolute Gasteiger partial charge is 0.316 e. The predicted molar refractivity (Wildman–Crippen MR) is 85.5 cm³/mol. The van der Waals surface area contributed by atoms with Gasteiger partial charge in [0.25, 0.3) is 10.0 Å². The molecule has 1 unspecified atom stereocenters. The molecule has 0 aromatic carbocycles. The Morgan fingerprint density at radius 3 is 2.57 bits per heavy atom. The molecule has 0 bridgehead atoms. The monoisotopic (exact) mass is 313 g/mol. The molecule has 5 nitrogen and oxygen atoms in total. The Morgan fingerprint density at radius 1 is 1.29 bits per heavy atom. The van der Waals surface area contributed by atoms with Crippen LogP contribution in [-0.2, 0) is 16.6 Å². The third-order valence-corrected chi connectivity index (χ3v) is 4.90. The first-order valence-corrected chi connectivity index (χ1v) is 9.11. The van der Waals surface area contributed by atoms with Crippen molar-refractivity contribution >= 4 is 10.0 Å². The Balaban J connectivity index is 2.63. The highest BCUT2D eigenvalue weighted by Crippen LogP contribution is 2.13. The van der Waals surface area contributed by atoms with E-state index in [0.29, 0.717) is 19.0 Å². The molecule has 2 N–H and O–H groups in total. The van der Waals surface area contributed by atoms with Gasteiger partial charge in [0.1, 0.15) is 0 Å². The average molecular weight is 313 g/mol. The maximum Gasteiger partial charge on any atom is 0.258 e. The summed E-state index contributed by atoms with van der Waals surface area (Å²) in [5, 5.41) is 3.09. The first kappa shape index (κ1) is 18.1. The van der Waals surface area contributed by atoms with Crippen LogP contribution in [0.2, 0.25) is 0 Å². The van der Waals surface area contributed by atoms with E-state index in [9.17, 15) is 8.42 Å². The highest BCUT2D eigenvalue weighted by atomic mass is 32.2. The maximum absolute atomic E-state index is 12.2. The van der Waals surface area contributed by atoms with E-state index in [4.69, 9.17) is 0 Å². The number of hydrogen-bond donors (Lipinski definition) is 2. The minimum absolute atomic E-state index is 0.0905. The van der Waals surface area contributed by atoms with E-state index < -0.39 is 10.0 Å². The fraction of sp³-hybridized carbons (Fsp3) is 0.667. The van der Waals surface area contributed by atoms with Crippen LogP contribution in [0, 0.1) is 5.92 Å². The van der Waals surface area contributed by atoms with Gasteiger partial charge in [0, 0.05) is 19.3 Å². The molecular formula is C15H27N3O2S. The van der Waals surface area contributed by atoms with Gasteiger partial charge in [-0.05, 0) is 31.0 Å². The van der Waals surface area contributed by atoms with Gasteiger partial charge in [-0.15, -0.1) is 0 Å². The number of sulfonamides is 1. The van der Waals surface area contributed by atoms with Crippen molar-refractivity contribution in [3.8, 4) is 0 Å². The van der Waals surface area contributed by atoms with Gasteiger partial charge in [0.05, 0.1) is 0 Å². The summed E-state index contributed by atoms with van der Waals surface area (Å²) in [4.78, 5) is 4.04. The predicted octanol–water partition coefficient (Wildman–Crippen LogP) is 2.30. The lowest BCUT2D eigenvalue weighted by Crippen LogP contribution is -2.30. The Morgan fingerprint density at radius 2 is 2.05 bits per heavy atom. The summed E-state index contributed by atoms with van der Waals surface area (Å²) >= 11 is 0. The maximum atomic E-state index is 12.2. The lowest BCUT2D eigenvalue weighted by molar-refractivity contribution is 0.443. The van der Waals surface area contributed by atoms with Crippen LogP contribution in [0.5, 0.6) is 0 Å². The molecule has 21 heavy (non-hydrogen) atoms. The summed E-state index contributed by atoms with van der Waals surface area (Å²) in [6, 6.07) is 3.34. The molecule has 1 aromatic rings. The first-order valence-electron chi connectivity index (χ1n) is 7.62. The zero-order valence-electron chi connectivity index (χ0n) is 13.2. The minimum atomic E-state index is -3.50. The van der Waals surface area contributed by atoms with Crippen molar-refractivity contribution < 1.29 is 8.42 Å². The molecule has 0 fully saturated rings. The molecule has 1 rings (SSSR count). The van der Waals surface area contributed by atoms with Crippen LogP contribution in [0.3, 0.4) is 0 Å². The quantitative estimate of drug-likeness (QED) is 0.695. The van der Waals surface area contributed by atoms with E-state index in [1.807, 2.05) is 7.05 Å². The zero-order chi connectivity index (χ0) is 15.7. The molecule has 0 aliphatic carbocycles. The Kier molecular flexibility index (Phi) is 7.85. The number of nitrogens with zero attached hydrogens (tertiary/aromatic N) is 1. The molecule has 6 heteroatoms. The number of aromatic nitrogens is 1. The van der Waals surface area contributed by atoms with Crippen molar-refractivity contribution in [1.29, 1.82) is 0 Å². The van der Waals surface area contributed by atoms with Crippen LogP contribution in [0.15, 0.2) is 23.4 Å². The van der Waals surface area contributed by atoms with Gasteiger partial charge in [0.2, 0.25) is 0 Å². The number of unbranched alkanes of at least 4 members (excludes halogenated alkanes) is 1. The molecule has 1 aromatic heterocycles. The van der Waals surface area contributed by atoms with E-state index >= 15 is 0 Å². The van der Waals surface area contributed by atoms with Crippen molar-refractivity contribution in [2.45, 2.75) is 51.1 Å². The number of pyridine rings is 1. The van der Waals surface area contributed by atoms with Crippen molar-refractivity contribution in [1.82, 2.24) is 15.0 Å². The van der Waals surface area contributed by atoms with Crippen molar-refractivity contribution in [3.63, 3.8) is 0 Å². The summed E-state index contributed by atoms with van der Waals surface area (Å²) in [6.07, 6.45) is 5.91. The third-order valence-electron chi connectivity index (χ3n) is 3.56. The van der Waals surface area contributed by atoms with E-state index in [2.05, 4.69) is 28.9 Å². The molecule has 1 heterocycles. The van der Waals surface area contributed by atoms with Crippen LogP contribution in [0.1, 0.15) is 45.1 Å². The number of hydrogen-bond acceptors (Lipinski definition) is 4. The number of nitrogens with one attached hydrogen (secondary N) is 2. The van der Waals surface area contributed by atoms with Crippen LogP contribution in [0.4, 0.5) is 0 Å². The van der Waals surface area contributed by atoms with Gasteiger partial charge in [-0.3, -0.25) is 0 Å². The van der Waals surface area contributed by atoms with Crippen LogP contribution in [0.25, 0.3) is 0 Å². The highest BCUT2D eigenvalue weighted by Gasteiger charge is 2.17. The minimum Gasteiger partial charge on any atom is -0.316 e. The highest BCUT2D eigenvalue weighted by molar-refractivity contribution is 7.89.